The van der Waals surface area contributed by atoms with Crippen LogP contribution in [-0.2, 0) is 9.53 Å². The first kappa shape index (κ1) is 13.7. The smallest absolute Gasteiger partial charge is 0.289 e. The van der Waals surface area contributed by atoms with Gasteiger partial charge in [0.15, 0.2) is 12.5 Å². The third-order valence-electron chi connectivity index (χ3n) is 2.69. The molecule has 1 aliphatic rings. The van der Waals surface area contributed by atoms with Crippen molar-refractivity contribution in [2.75, 3.05) is 19.8 Å². The van der Waals surface area contributed by atoms with E-state index in [0.29, 0.717) is 5.76 Å². The molecule has 4 nitrogen and oxygen atoms in total. The molecule has 0 spiro atoms. The molecule has 0 unspecified atom stereocenters. The zero-order chi connectivity index (χ0) is 12.5. The third kappa shape index (κ3) is 4.59. The Kier molecular flexibility index (Phi) is 6.37. The summed E-state index contributed by atoms with van der Waals surface area (Å²) in [6.45, 7) is 6.14. The van der Waals surface area contributed by atoms with E-state index in [9.17, 15) is 4.79 Å². The SMILES string of the molecule is CCCCN(CCCC)C(=O)C1=CC=NCO1. The summed E-state index contributed by atoms with van der Waals surface area (Å²) in [5, 5.41) is 0. The van der Waals surface area contributed by atoms with Crippen LogP contribution in [0.5, 0.6) is 0 Å². The van der Waals surface area contributed by atoms with Crippen LogP contribution in [0, 0.1) is 0 Å². The maximum absolute atomic E-state index is 12.2. The highest BCUT2D eigenvalue weighted by molar-refractivity contribution is 5.95. The summed E-state index contributed by atoms with van der Waals surface area (Å²) in [5.41, 5.74) is 0. The number of amides is 1. The molecule has 0 saturated carbocycles. The zero-order valence-electron chi connectivity index (χ0n) is 10.8. The fraction of sp³-hybridized carbons (Fsp3) is 0.692. The molecule has 4 heteroatoms. The van der Waals surface area contributed by atoms with Crippen LogP contribution in [0.3, 0.4) is 0 Å². The van der Waals surface area contributed by atoms with Gasteiger partial charge in [-0.1, -0.05) is 26.7 Å². The van der Waals surface area contributed by atoms with Crippen LogP contribution in [0.1, 0.15) is 39.5 Å². The molecule has 0 aliphatic carbocycles. The Morgan fingerprint density at radius 3 is 2.47 bits per heavy atom. The lowest BCUT2D eigenvalue weighted by Crippen LogP contribution is -2.35. The standard InChI is InChI=1S/C13H22N2O2/c1-3-5-9-15(10-6-4-2)13(16)12-7-8-14-11-17-12/h7-8H,3-6,9-11H2,1-2H3. The molecule has 0 aromatic carbocycles. The van der Waals surface area contributed by atoms with Crippen LogP contribution in [-0.4, -0.2) is 36.8 Å². The molecule has 0 N–H and O–H groups in total. The van der Waals surface area contributed by atoms with Crippen molar-refractivity contribution in [2.45, 2.75) is 39.5 Å². The number of allylic oxidation sites excluding steroid dienone is 1. The zero-order valence-corrected chi connectivity index (χ0v) is 10.8. The summed E-state index contributed by atoms with van der Waals surface area (Å²) in [5.74, 6) is 0.422. The van der Waals surface area contributed by atoms with E-state index in [0.717, 1.165) is 38.8 Å². The van der Waals surface area contributed by atoms with Crippen LogP contribution in [0.4, 0.5) is 0 Å². The van der Waals surface area contributed by atoms with E-state index in [4.69, 9.17) is 4.74 Å². The van der Waals surface area contributed by atoms with Crippen molar-refractivity contribution >= 4 is 12.1 Å². The molecule has 0 fully saturated rings. The number of aliphatic imine (C=N–C) groups is 1. The second-order valence-corrected chi connectivity index (χ2v) is 4.14. The van der Waals surface area contributed by atoms with Crippen molar-refractivity contribution in [2.24, 2.45) is 4.99 Å². The Hall–Kier alpha value is -1.32. The van der Waals surface area contributed by atoms with Gasteiger partial charge in [-0.15, -0.1) is 0 Å². The molecule has 1 heterocycles. The fourth-order valence-electron chi connectivity index (χ4n) is 1.62. The van der Waals surface area contributed by atoms with E-state index in [-0.39, 0.29) is 12.6 Å². The lowest BCUT2D eigenvalue weighted by atomic mass is 10.2. The van der Waals surface area contributed by atoms with E-state index >= 15 is 0 Å². The van der Waals surface area contributed by atoms with Gasteiger partial charge >= 0.3 is 0 Å². The van der Waals surface area contributed by atoms with E-state index in [1.807, 2.05) is 4.90 Å². The quantitative estimate of drug-likeness (QED) is 0.683. The number of rotatable bonds is 7. The lowest BCUT2D eigenvalue weighted by Gasteiger charge is -2.23. The van der Waals surface area contributed by atoms with Gasteiger partial charge in [-0.25, -0.2) is 0 Å². The molecule has 0 radical (unpaired) electrons. The van der Waals surface area contributed by atoms with E-state index in [1.54, 1.807) is 12.3 Å². The first-order chi connectivity index (χ1) is 8.29. The second-order valence-electron chi connectivity index (χ2n) is 4.14. The van der Waals surface area contributed by atoms with Gasteiger partial charge in [0.2, 0.25) is 0 Å². The summed E-state index contributed by atoms with van der Waals surface area (Å²) >= 11 is 0. The van der Waals surface area contributed by atoms with Crippen molar-refractivity contribution < 1.29 is 9.53 Å². The number of unbranched alkanes of at least 4 members (excludes halogenated alkanes) is 2. The van der Waals surface area contributed by atoms with Crippen LogP contribution < -0.4 is 0 Å². The molecule has 0 aromatic rings. The molecule has 17 heavy (non-hydrogen) atoms. The minimum atomic E-state index is -0.00181. The number of hydrogen-bond donors (Lipinski definition) is 0. The fourth-order valence-corrected chi connectivity index (χ4v) is 1.62. The first-order valence-corrected chi connectivity index (χ1v) is 6.41. The average molecular weight is 238 g/mol. The van der Waals surface area contributed by atoms with Gasteiger partial charge in [0.1, 0.15) is 0 Å². The van der Waals surface area contributed by atoms with Crippen LogP contribution >= 0.6 is 0 Å². The Labute approximate surface area is 103 Å². The average Bonchev–Trinajstić information content (AvgIpc) is 2.39. The lowest BCUT2D eigenvalue weighted by molar-refractivity contribution is -0.131. The molecule has 0 aromatic heterocycles. The van der Waals surface area contributed by atoms with Crippen LogP contribution in [0.25, 0.3) is 0 Å². The van der Waals surface area contributed by atoms with E-state index in [1.165, 1.54) is 0 Å². The number of nitrogens with zero attached hydrogens (tertiary/aromatic N) is 2. The predicted octanol–water partition coefficient (Wildman–Crippen LogP) is 2.36. The maximum Gasteiger partial charge on any atom is 0.289 e. The second kappa shape index (κ2) is 7.87. The van der Waals surface area contributed by atoms with Gasteiger partial charge in [0.25, 0.3) is 5.91 Å². The first-order valence-electron chi connectivity index (χ1n) is 6.41. The molecular formula is C13H22N2O2. The highest BCUT2D eigenvalue weighted by Gasteiger charge is 2.19. The van der Waals surface area contributed by atoms with Gasteiger partial charge < -0.3 is 9.64 Å². The number of carbonyl (C=O) groups is 1. The van der Waals surface area contributed by atoms with E-state index < -0.39 is 0 Å². The Morgan fingerprint density at radius 2 is 2.00 bits per heavy atom. The number of hydrogen-bond acceptors (Lipinski definition) is 3. The van der Waals surface area contributed by atoms with Gasteiger partial charge in [-0.3, -0.25) is 9.79 Å². The summed E-state index contributed by atoms with van der Waals surface area (Å²) in [7, 11) is 0. The Morgan fingerprint density at radius 1 is 1.35 bits per heavy atom. The highest BCUT2D eigenvalue weighted by atomic mass is 16.5. The molecule has 0 saturated heterocycles. The molecule has 1 rings (SSSR count). The van der Waals surface area contributed by atoms with Crippen molar-refractivity contribution in [1.82, 2.24) is 4.90 Å². The number of carbonyl (C=O) groups excluding carboxylic acids is 1. The summed E-state index contributed by atoms with van der Waals surface area (Å²) in [6, 6.07) is 0. The Bertz CT molecular complexity index is 290. The van der Waals surface area contributed by atoms with E-state index in [2.05, 4.69) is 18.8 Å². The van der Waals surface area contributed by atoms with Crippen molar-refractivity contribution in [3.05, 3.63) is 11.8 Å². The monoisotopic (exact) mass is 238 g/mol. The Balaban J connectivity index is 2.57. The van der Waals surface area contributed by atoms with Gasteiger partial charge in [0.05, 0.1) is 0 Å². The minimum Gasteiger partial charge on any atom is -0.466 e. The van der Waals surface area contributed by atoms with Crippen LogP contribution in [0.15, 0.2) is 16.8 Å². The maximum atomic E-state index is 12.2. The molecule has 96 valence electrons. The normalized spacial score (nSPS) is 14.1. The van der Waals surface area contributed by atoms with Crippen molar-refractivity contribution in [3.8, 4) is 0 Å². The van der Waals surface area contributed by atoms with Crippen molar-refractivity contribution in [1.29, 1.82) is 0 Å². The molecule has 1 amide bonds. The van der Waals surface area contributed by atoms with Crippen molar-refractivity contribution in [3.63, 3.8) is 0 Å². The largest absolute Gasteiger partial charge is 0.466 e. The summed E-state index contributed by atoms with van der Waals surface area (Å²) < 4.78 is 5.25. The van der Waals surface area contributed by atoms with Gasteiger partial charge in [-0.05, 0) is 12.8 Å². The summed E-state index contributed by atoms with van der Waals surface area (Å²) in [4.78, 5) is 18.0. The van der Waals surface area contributed by atoms with Crippen LogP contribution in [0.2, 0.25) is 0 Å². The minimum absolute atomic E-state index is 0.00181. The number of ether oxygens (including phenoxy) is 1. The molecule has 0 atom stereocenters. The summed E-state index contributed by atoms with van der Waals surface area (Å²) in [6.07, 6.45) is 7.55. The van der Waals surface area contributed by atoms with Gasteiger partial charge in [0, 0.05) is 25.4 Å². The third-order valence-corrected chi connectivity index (χ3v) is 2.69. The highest BCUT2D eigenvalue weighted by Crippen LogP contribution is 2.09. The predicted molar refractivity (Wildman–Crippen MR) is 68.9 cm³/mol. The molecule has 1 aliphatic heterocycles. The van der Waals surface area contributed by atoms with Gasteiger partial charge in [-0.2, -0.15) is 0 Å². The molecular weight excluding hydrogens is 216 g/mol. The molecule has 0 bridgehead atoms. The topological polar surface area (TPSA) is 41.9 Å².